The van der Waals surface area contributed by atoms with Gasteiger partial charge in [-0.3, -0.25) is 4.79 Å². The number of hydrogen-bond donors (Lipinski definition) is 1. The van der Waals surface area contributed by atoms with Gasteiger partial charge in [-0.25, -0.2) is 4.79 Å². The van der Waals surface area contributed by atoms with Crippen LogP contribution in [-0.4, -0.2) is 50.5 Å². The van der Waals surface area contributed by atoms with Gasteiger partial charge >= 0.3 is 5.97 Å². The molecule has 1 aliphatic heterocycles. The number of nitrogens with zero attached hydrogens (tertiary/aromatic N) is 1. The highest BCUT2D eigenvalue weighted by Crippen LogP contribution is 2.20. The molecule has 0 aliphatic carbocycles. The zero-order chi connectivity index (χ0) is 19.9. The normalized spacial score (nSPS) is 15.0. The molecule has 0 bridgehead atoms. The van der Waals surface area contributed by atoms with Gasteiger partial charge in [0, 0.05) is 29.4 Å². The van der Waals surface area contributed by atoms with Crippen LogP contribution in [0.5, 0.6) is 0 Å². The Kier molecular flexibility index (Phi) is 6.95. The van der Waals surface area contributed by atoms with E-state index in [4.69, 9.17) is 9.47 Å². The summed E-state index contributed by atoms with van der Waals surface area (Å²) in [4.78, 5) is 27.9. The maximum Gasteiger partial charge on any atom is 0.338 e. The van der Waals surface area contributed by atoms with Crippen molar-refractivity contribution in [1.82, 2.24) is 0 Å². The summed E-state index contributed by atoms with van der Waals surface area (Å²) in [6.45, 7) is 4.72. The second-order valence-corrected chi connectivity index (χ2v) is 7.29. The predicted octanol–water partition coefficient (Wildman–Crippen LogP) is 3.43. The molecule has 1 N–H and O–H groups in total. The van der Waals surface area contributed by atoms with Crippen molar-refractivity contribution in [3.8, 4) is 0 Å². The molecular formula is C21H24N2O4S. The minimum absolute atomic E-state index is 0.367. The molecule has 1 atom stereocenters. The average molecular weight is 401 g/mol. The van der Waals surface area contributed by atoms with Crippen LogP contribution in [0.4, 0.5) is 11.4 Å². The first-order valence-electron chi connectivity index (χ1n) is 9.15. The standard InChI is InChI=1S/C21H24N2O4S/c1-15(27-21(25)16-3-9-19(28-2)10-4-16)20(24)22-17-5-7-18(8-6-17)23-11-13-26-14-12-23/h3-10,15H,11-14H2,1-2H3,(H,22,24)/t15-/m0/s1. The van der Waals surface area contributed by atoms with Crippen molar-refractivity contribution in [2.45, 2.75) is 17.9 Å². The summed E-state index contributed by atoms with van der Waals surface area (Å²) >= 11 is 1.59. The zero-order valence-corrected chi connectivity index (χ0v) is 16.8. The summed E-state index contributed by atoms with van der Waals surface area (Å²) < 4.78 is 10.6. The van der Waals surface area contributed by atoms with Gasteiger partial charge in [0.2, 0.25) is 0 Å². The third-order valence-corrected chi connectivity index (χ3v) is 5.23. The molecular weight excluding hydrogens is 376 g/mol. The number of carbonyl (C=O) groups excluding carboxylic acids is 2. The third-order valence-electron chi connectivity index (χ3n) is 4.49. The van der Waals surface area contributed by atoms with Gasteiger partial charge in [-0.15, -0.1) is 11.8 Å². The number of esters is 1. The molecule has 7 heteroatoms. The number of rotatable bonds is 6. The van der Waals surface area contributed by atoms with E-state index in [2.05, 4.69) is 10.2 Å². The molecule has 6 nitrogen and oxygen atoms in total. The Labute approximate surface area is 169 Å². The highest BCUT2D eigenvalue weighted by Gasteiger charge is 2.19. The molecule has 0 unspecified atom stereocenters. The number of hydrogen-bond acceptors (Lipinski definition) is 6. The van der Waals surface area contributed by atoms with Crippen molar-refractivity contribution in [2.75, 3.05) is 42.8 Å². The Bertz CT molecular complexity index is 802. The van der Waals surface area contributed by atoms with E-state index < -0.39 is 12.1 Å². The van der Waals surface area contributed by atoms with E-state index in [9.17, 15) is 9.59 Å². The van der Waals surface area contributed by atoms with Gasteiger partial charge in [0.25, 0.3) is 5.91 Å². The molecule has 0 radical (unpaired) electrons. The van der Waals surface area contributed by atoms with E-state index >= 15 is 0 Å². The molecule has 0 aromatic heterocycles. The van der Waals surface area contributed by atoms with E-state index in [1.165, 1.54) is 0 Å². The number of morpholine rings is 1. The van der Waals surface area contributed by atoms with Crippen LogP contribution in [0.2, 0.25) is 0 Å². The van der Waals surface area contributed by atoms with Crippen LogP contribution in [0.15, 0.2) is 53.4 Å². The number of nitrogens with one attached hydrogen (secondary N) is 1. The first-order chi connectivity index (χ1) is 13.6. The van der Waals surface area contributed by atoms with Gasteiger partial charge in [-0.1, -0.05) is 0 Å². The number of amides is 1. The predicted molar refractivity (Wildman–Crippen MR) is 111 cm³/mol. The molecule has 148 valence electrons. The van der Waals surface area contributed by atoms with Gasteiger partial charge in [0.15, 0.2) is 6.10 Å². The SMILES string of the molecule is CSc1ccc(C(=O)O[C@@H](C)C(=O)Nc2ccc(N3CCOCC3)cc2)cc1. The first-order valence-corrected chi connectivity index (χ1v) is 10.4. The Morgan fingerprint density at radius 2 is 1.71 bits per heavy atom. The minimum Gasteiger partial charge on any atom is -0.449 e. The number of ether oxygens (including phenoxy) is 2. The van der Waals surface area contributed by atoms with Crippen molar-refractivity contribution < 1.29 is 19.1 Å². The number of benzene rings is 2. The fraction of sp³-hybridized carbons (Fsp3) is 0.333. The first kappa shape index (κ1) is 20.2. The van der Waals surface area contributed by atoms with Crippen molar-refractivity contribution in [1.29, 1.82) is 0 Å². The Morgan fingerprint density at radius 1 is 1.07 bits per heavy atom. The summed E-state index contributed by atoms with van der Waals surface area (Å²) in [6.07, 6.45) is 1.07. The second kappa shape index (κ2) is 9.61. The molecule has 3 rings (SSSR count). The van der Waals surface area contributed by atoms with Gasteiger partial charge in [0.05, 0.1) is 18.8 Å². The Morgan fingerprint density at radius 3 is 2.32 bits per heavy atom. The molecule has 0 saturated carbocycles. The molecule has 2 aromatic carbocycles. The lowest BCUT2D eigenvalue weighted by Gasteiger charge is -2.28. The monoisotopic (exact) mass is 400 g/mol. The lowest BCUT2D eigenvalue weighted by molar-refractivity contribution is -0.123. The Hall–Kier alpha value is -2.51. The summed E-state index contributed by atoms with van der Waals surface area (Å²) in [5.74, 6) is -0.883. The lowest BCUT2D eigenvalue weighted by Crippen LogP contribution is -2.36. The van der Waals surface area contributed by atoms with Crippen LogP contribution >= 0.6 is 11.8 Å². The summed E-state index contributed by atoms with van der Waals surface area (Å²) in [6, 6.07) is 14.7. The molecule has 0 spiro atoms. The van der Waals surface area contributed by atoms with Crippen LogP contribution in [-0.2, 0) is 14.3 Å². The van der Waals surface area contributed by atoms with E-state index in [0.717, 1.165) is 36.9 Å². The smallest absolute Gasteiger partial charge is 0.338 e. The molecule has 1 fully saturated rings. The summed E-state index contributed by atoms with van der Waals surface area (Å²) in [5, 5.41) is 2.78. The van der Waals surface area contributed by atoms with Gasteiger partial charge in [-0.2, -0.15) is 0 Å². The maximum absolute atomic E-state index is 12.3. The number of thioether (sulfide) groups is 1. The maximum atomic E-state index is 12.3. The van der Waals surface area contributed by atoms with Crippen LogP contribution < -0.4 is 10.2 Å². The minimum atomic E-state index is -0.897. The van der Waals surface area contributed by atoms with Crippen molar-refractivity contribution in [2.24, 2.45) is 0 Å². The molecule has 28 heavy (non-hydrogen) atoms. The second-order valence-electron chi connectivity index (χ2n) is 6.41. The van der Waals surface area contributed by atoms with Crippen LogP contribution in [0.3, 0.4) is 0 Å². The number of carbonyl (C=O) groups is 2. The molecule has 1 aliphatic rings. The highest BCUT2D eigenvalue weighted by atomic mass is 32.2. The van der Waals surface area contributed by atoms with E-state index in [1.807, 2.05) is 42.7 Å². The fourth-order valence-electron chi connectivity index (χ4n) is 2.83. The lowest BCUT2D eigenvalue weighted by atomic mass is 10.2. The van der Waals surface area contributed by atoms with Crippen LogP contribution in [0.25, 0.3) is 0 Å². The van der Waals surface area contributed by atoms with Crippen molar-refractivity contribution >= 4 is 35.0 Å². The van der Waals surface area contributed by atoms with E-state index in [1.54, 1.807) is 30.8 Å². The molecule has 1 heterocycles. The van der Waals surface area contributed by atoms with Gasteiger partial charge < -0.3 is 19.7 Å². The van der Waals surface area contributed by atoms with E-state index in [0.29, 0.717) is 11.3 Å². The largest absolute Gasteiger partial charge is 0.449 e. The zero-order valence-electron chi connectivity index (χ0n) is 16.0. The molecule has 1 saturated heterocycles. The van der Waals surface area contributed by atoms with Gasteiger partial charge in [-0.05, 0) is 61.7 Å². The third kappa shape index (κ3) is 5.27. The summed E-state index contributed by atoms with van der Waals surface area (Å²) in [7, 11) is 0. The van der Waals surface area contributed by atoms with Crippen LogP contribution in [0.1, 0.15) is 17.3 Å². The quantitative estimate of drug-likeness (QED) is 0.592. The molecule has 1 amide bonds. The average Bonchev–Trinajstić information content (AvgIpc) is 2.75. The highest BCUT2D eigenvalue weighted by molar-refractivity contribution is 7.98. The van der Waals surface area contributed by atoms with Crippen molar-refractivity contribution in [3.05, 3.63) is 54.1 Å². The Balaban J connectivity index is 1.53. The van der Waals surface area contributed by atoms with Gasteiger partial charge in [0.1, 0.15) is 0 Å². The number of anilines is 2. The molecule has 2 aromatic rings. The van der Waals surface area contributed by atoms with Crippen molar-refractivity contribution in [3.63, 3.8) is 0 Å². The topological polar surface area (TPSA) is 67.9 Å². The summed E-state index contributed by atoms with van der Waals surface area (Å²) in [5.41, 5.74) is 2.18. The van der Waals surface area contributed by atoms with Crippen LogP contribution in [0, 0.1) is 0 Å². The fourth-order valence-corrected chi connectivity index (χ4v) is 3.24. The van der Waals surface area contributed by atoms with E-state index in [-0.39, 0.29) is 5.91 Å².